The maximum absolute atomic E-state index is 9.24. The van der Waals surface area contributed by atoms with Crippen molar-refractivity contribution in [2.75, 3.05) is 6.61 Å². The maximum Gasteiger partial charge on any atom is 0.0519 e. The van der Waals surface area contributed by atoms with Crippen molar-refractivity contribution in [1.82, 2.24) is 0 Å². The lowest BCUT2D eigenvalue weighted by molar-refractivity contribution is 0.149. The monoisotopic (exact) mass is 168 g/mol. The second-order valence-corrected chi connectivity index (χ2v) is 4.48. The van der Waals surface area contributed by atoms with Crippen LogP contribution in [0.1, 0.15) is 40.0 Å². The van der Waals surface area contributed by atoms with E-state index in [1.54, 1.807) is 0 Å². The Morgan fingerprint density at radius 1 is 1.67 bits per heavy atom. The Morgan fingerprint density at radius 3 is 2.83 bits per heavy atom. The highest BCUT2D eigenvalue weighted by atomic mass is 16.3. The lowest BCUT2D eigenvalue weighted by Crippen LogP contribution is -2.26. The molecule has 0 saturated heterocycles. The Labute approximate surface area is 75.5 Å². The van der Waals surface area contributed by atoms with Crippen molar-refractivity contribution in [3.05, 3.63) is 11.6 Å². The molecule has 0 spiro atoms. The maximum atomic E-state index is 9.24. The van der Waals surface area contributed by atoms with E-state index in [1.165, 1.54) is 12.0 Å². The Kier molecular flexibility index (Phi) is 2.94. The van der Waals surface area contributed by atoms with E-state index in [4.69, 9.17) is 0 Å². The summed E-state index contributed by atoms with van der Waals surface area (Å²) in [7, 11) is 0. The molecule has 1 N–H and O–H groups in total. The average Bonchev–Trinajstić information content (AvgIpc) is 2.03. The molecule has 0 radical (unpaired) electrons. The van der Waals surface area contributed by atoms with Gasteiger partial charge in [0.2, 0.25) is 0 Å². The topological polar surface area (TPSA) is 20.2 Å². The van der Waals surface area contributed by atoms with Gasteiger partial charge >= 0.3 is 0 Å². The van der Waals surface area contributed by atoms with Crippen LogP contribution in [0, 0.1) is 11.3 Å². The van der Waals surface area contributed by atoms with Gasteiger partial charge in [-0.25, -0.2) is 0 Å². The van der Waals surface area contributed by atoms with Crippen LogP contribution in [0.15, 0.2) is 11.6 Å². The molecule has 1 rings (SSSR count). The van der Waals surface area contributed by atoms with Crippen LogP contribution >= 0.6 is 0 Å². The third-order valence-corrected chi connectivity index (χ3v) is 2.79. The summed E-state index contributed by atoms with van der Waals surface area (Å²) in [6, 6.07) is 0. The van der Waals surface area contributed by atoms with Crippen molar-refractivity contribution in [2.24, 2.45) is 11.3 Å². The molecule has 2 atom stereocenters. The van der Waals surface area contributed by atoms with E-state index in [-0.39, 0.29) is 5.41 Å². The molecule has 0 amide bonds. The third kappa shape index (κ3) is 2.10. The number of hydrogen-bond donors (Lipinski definition) is 1. The van der Waals surface area contributed by atoms with Crippen LogP contribution in [-0.4, -0.2) is 11.7 Å². The lowest BCUT2D eigenvalue weighted by atomic mass is 9.73. The molecule has 0 aromatic carbocycles. The summed E-state index contributed by atoms with van der Waals surface area (Å²) in [5, 5.41) is 9.24. The smallest absolute Gasteiger partial charge is 0.0519 e. The van der Waals surface area contributed by atoms with E-state index in [0.29, 0.717) is 6.61 Å². The van der Waals surface area contributed by atoms with Gasteiger partial charge in [0.05, 0.1) is 6.61 Å². The van der Waals surface area contributed by atoms with Gasteiger partial charge in [-0.05, 0) is 25.2 Å². The van der Waals surface area contributed by atoms with E-state index in [1.807, 2.05) is 0 Å². The molecule has 12 heavy (non-hydrogen) atoms. The van der Waals surface area contributed by atoms with E-state index in [9.17, 15) is 5.11 Å². The molecular weight excluding hydrogens is 148 g/mol. The van der Waals surface area contributed by atoms with Crippen LogP contribution < -0.4 is 0 Å². The minimum absolute atomic E-state index is 0.0585. The number of hydrogen-bond acceptors (Lipinski definition) is 1. The van der Waals surface area contributed by atoms with Crippen LogP contribution in [0.25, 0.3) is 0 Å². The molecule has 70 valence electrons. The summed E-state index contributed by atoms with van der Waals surface area (Å²) in [5.41, 5.74) is 1.58. The van der Waals surface area contributed by atoms with E-state index in [2.05, 4.69) is 26.8 Å². The minimum atomic E-state index is 0.0585. The van der Waals surface area contributed by atoms with Crippen molar-refractivity contribution in [1.29, 1.82) is 0 Å². The molecule has 1 aliphatic carbocycles. The number of aliphatic hydroxyl groups excluding tert-OH is 1. The van der Waals surface area contributed by atoms with Crippen LogP contribution in [0.2, 0.25) is 0 Å². The molecule has 1 heteroatoms. The fourth-order valence-corrected chi connectivity index (χ4v) is 2.28. The van der Waals surface area contributed by atoms with Gasteiger partial charge in [0, 0.05) is 5.41 Å². The zero-order valence-corrected chi connectivity index (χ0v) is 8.43. The molecule has 2 unspecified atom stereocenters. The molecule has 0 saturated carbocycles. The first kappa shape index (κ1) is 9.79. The second-order valence-electron chi connectivity index (χ2n) is 4.48. The molecule has 0 aliphatic heterocycles. The third-order valence-electron chi connectivity index (χ3n) is 2.79. The Morgan fingerprint density at radius 2 is 2.33 bits per heavy atom. The first-order valence-electron chi connectivity index (χ1n) is 4.91. The normalized spacial score (nSPS) is 36.3. The first-order chi connectivity index (χ1) is 5.59. The summed E-state index contributed by atoms with van der Waals surface area (Å²) >= 11 is 0. The van der Waals surface area contributed by atoms with Crippen LogP contribution in [0.3, 0.4) is 0 Å². The standard InChI is InChI=1S/C11H20O/c1-4-10-5-9(2)6-11(3,7-10)8-12/h7,9,12H,4-6,8H2,1-3H3. The summed E-state index contributed by atoms with van der Waals surface area (Å²) in [6.45, 7) is 6.91. The molecule has 1 nitrogen and oxygen atoms in total. The number of rotatable bonds is 2. The van der Waals surface area contributed by atoms with E-state index >= 15 is 0 Å². The summed E-state index contributed by atoms with van der Waals surface area (Å²) < 4.78 is 0. The molecule has 0 bridgehead atoms. The molecular formula is C11H20O. The lowest BCUT2D eigenvalue weighted by Gasteiger charge is -2.33. The fraction of sp³-hybridized carbons (Fsp3) is 0.818. The zero-order valence-electron chi connectivity index (χ0n) is 8.43. The van der Waals surface area contributed by atoms with E-state index in [0.717, 1.165) is 18.8 Å². The van der Waals surface area contributed by atoms with Gasteiger partial charge < -0.3 is 5.11 Å². The predicted octanol–water partition coefficient (Wildman–Crippen LogP) is 2.75. The van der Waals surface area contributed by atoms with Crippen molar-refractivity contribution < 1.29 is 5.11 Å². The highest BCUT2D eigenvalue weighted by Crippen LogP contribution is 2.37. The summed E-state index contributed by atoms with van der Waals surface area (Å²) in [5.74, 6) is 0.738. The van der Waals surface area contributed by atoms with Gasteiger partial charge in [-0.2, -0.15) is 0 Å². The van der Waals surface area contributed by atoms with E-state index < -0.39 is 0 Å². The number of allylic oxidation sites excluding steroid dienone is 1. The molecule has 0 fully saturated rings. The van der Waals surface area contributed by atoms with Gasteiger partial charge in [-0.3, -0.25) is 0 Å². The van der Waals surface area contributed by atoms with Gasteiger partial charge in [0.15, 0.2) is 0 Å². The van der Waals surface area contributed by atoms with Crippen molar-refractivity contribution in [2.45, 2.75) is 40.0 Å². The fourth-order valence-electron chi connectivity index (χ4n) is 2.28. The number of aliphatic hydroxyl groups is 1. The Balaban J connectivity index is 2.77. The minimum Gasteiger partial charge on any atom is -0.395 e. The summed E-state index contributed by atoms with van der Waals surface area (Å²) in [4.78, 5) is 0. The Hall–Kier alpha value is -0.300. The quantitative estimate of drug-likeness (QED) is 0.629. The van der Waals surface area contributed by atoms with Crippen molar-refractivity contribution >= 4 is 0 Å². The average molecular weight is 168 g/mol. The van der Waals surface area contributed by atoms with Crippen LogP contribution in [0.5, 0.6) is 0 Å². The predicted molar refractivity (Wildman–Crippen MR) is 52.0 cm³/mol. The largest absolute Gasteiger partial charge is 0.395 e. The van der Waals surface area contributed by atoms with Gasteiger partial charge in [0.25, 0.3) is 0 Å². The van der Waals surface area contributed by atoms with Gasteiger partial charge in [-0.15, -0.1) is 0 Å². The molecule has 0 heterocycles. The summed E-state index contributed by atoms with van der Waals surface area (Å²) in [6.07, 6.45) is 5.78. The van der Waals surface area contributed by atoms with Crippen LogP contribution in [0.4, 0.5) is 0 Å². The highest BCUT2D eigenvalue weighted by Gasteiger charge is 2.28. The van der Waals surface area contributed by atoms with Crippen molar-refractivity contribution in [3.8, 4) is 0 Å². The van der Waals surface area contributed by atoms with Crippen molar-refractivity contribution in [3.63, 3.8) is 0 Å². The zero-order chi connectivity index (χ0) is 9.19. The van der Waals surface area contributed by atoms with Crippen LogP contribution in [-0.2, 0) is 0 Å². The molecule has 0 aromatic rings. The highest BCUT2D eigenvalue weighted by molar-refractivity contribution is 5.13. The first-order valence-corrected chi connectivity index (χ1v) is 4.91. The molecule has 0 aromatic heterocycles. The Bertz CT molecular complexity index is 183. The van der Waals surface area contributed by atoms with Gasteiger partial charge in [-0.1, -0.05) is 32.4 Å². The SMILES string of the molecule is CCC1=CC(C)(CO)CC(C)C1. The van der Waals surface area contributed by atoms with Gasteiger partial charge in [0.1, 0.15) is 0 Å². The second kappa shape index (κ2) is 3.61. The molecule has 1 aliphatic rings.